The number of urea groups is 1. The molecule has 1 atom stereocenters. The summed E-state index contributed by atoms with van der Waals surface area (Å²) in [6.07, 6.45) is 2.69. The first-order valence-electron chi connectivity index (χ1n) is 10.2. The summed E-state index contributed by atoms with van der Waals surface area (Å²) < 4.78 is 1.85. The summed E-state index contributed by atoms with van der Waals surface area (Å²) in [5, 5.41) is 12.4. The van der Waals surface area contributed by atoms with Crippen LogP contribution in [0.15, 0.2) is 54.6 Å². The molecule has 0 radical (unpaired) electrons. The highest BCUT2D eigenvalue weighted by Gasteiger charge is 2.43. The molecule has 0 saturated carbocycles. The Hall–Kier alpha value is -3.94. The predicted molar refractivity (Wildman–Crippen MR) is 114 cm³/mol. The molecule has 1 aliphatic heterocycles. The van der Waals surface area contributed by atoms with Crippen LogP contribution in [0, 0.1) is 0 Å². The van der Waals surface area contributed by atoms with Gasteiger partial charge >= 0.3 is 6.03 Å². The first-order valence-corrected chi connectivity index (χ1v) is 10.2. The number of carbonyl (C=O) groups is 3. The molecule has 2 aromatic carbocycles. The molecule has 3 aromatic rings. The maximum atomic E-state index is 13.1. The van der Waals surface area contributed by atoms with Gasteiger partial charge in [-0.15, -0.1) is 0 Å². The van der Waals surface area contributed by atoms with Crippen molar-refractivity contribution in [3.05, 3.63) is 77.1 Å². The minimum Gasteiger partial charge on any atom is -0.321 e. The van der Waals surface area contributed by atoms with Crippen LogP contribution in [0.25, 0.3) is 5.69 Å². The maximum Gasteiger partial charge on any atom is 0.322 e. The highest BCUT2D eigenvalue weighted by Crippen LogP contribution is 2.29. The highest BCUT2D eigenvalue weighted by atomic mass is 16.2. The molecule has 0 bridgehead atoms. The zero-order valence-corrected chi connectivity index (χ0v) is 16.9. The molecule has 8 heteroatoms. The zero-order chi connectivity index (χ0) is 21.6. The molecule has 2 heterocycles. The third-order valence-corrected chi connectivity index (χ3v) is 5.89. The summed E-state index contributed by atoms with van der Waals surface area (Å²) in [6.45, 7) is 1.63. The topological polar surface area (TPSA) is 105 Å². The van der Waals surface area contributed by atoms with E-state index in [0.29, 0.717) is 16.9 Å². The monoisotopic (exact) mass is 415 g/mol. The Kier molecular flexibility index (Phi) is 4.35. The van der Waals surface area contributed by atoms with Gasteiger partial charge in [0, 0.05) is 16.9 Å². The van der Waals surface area contributed by atoms with Crippen LogP contribution in [0.5, 0.6) is 0 Å². The minimum absolute atomic E-state index is 0.296. The van der Waals surface area contributed by atoms with Crippen molar-refractivity contribution < 1.29 is 14.4 Å². The van der Waals surface area contributed by atoms with Crippen LogP contribution in [-0.4, -0.2) is 27.6 Å². The Balaban J connectivity index is 1.44. The van der Waals surface area contributed by atoms with Crippen LogP contribution in [0.4, 0.5) is 10.5 Å². The number of fused-ring (bicyclic) bond motifs is 1. The number of benzene rings is 2. The summed E-state index contributed by atoms with van der Waals surface area (Å²) in [5.74, 6) is -0.726. The number of nitrogens with zero attached hydrogens (tertiary/aromatic N) is 2. The van der Waals surface area contributed by atoms with Crippen molar-refractivity contribution in [1.82, 2.24) is 20.4 Å². The number of aromatic nitrogens is 2. The van der Waals surface area contributed by atoms with E-state index in [-0.39, 0.29) is 5.91 Å². The lowest BCUT2D eigenvalue weighted by Crippen LogP contribution is -2.40. The standard InChI is InChI=1S/C23H21N5O3/c1-23(21(30)25-22(31)26-23)14-7-5-8-15(13-14)24-20(29)19-17-11-6-12-18(17)28(27-19)16-9-3-2-4-10-16/h2-5,7-10,13H,6,11-12H2,1H3,(H,24,29)(H2,25,26,30,31)/t23-/m0/s1. The summed E-state index contributed by atoms with van der Waals surface area (Å²) >= 11 is 0. The van der Waals surface area contributed by atoms with Gasteiger partial charge in [-0.3, -0.25) is 14.9 Å². The van der Waals surface area contributed by atoms with Crippen molar-refractivity contribution in [2.24, 2.45) is 0 Å². The fraction of sp³-hybridized carbons (Fsp3) is 0.217. The van der Waals surface area contributed by atoms with E-state index in [1.165, 1.54) is 0 Å². The fourth-order valence-corrected chi connectivity index (χ4v) is 4.25. The van der Waals surface area contributed by atoms with Crippen molar-refractivity contribution in [2.75, 3.05) is 5.32 Å². The number of amides is 4. The molecule has 1 aromatic heterocycles. The lowest BCUT2D eigenvalue weighted by atomic mass is 9.92. The molecule has 0 spiro atoms. The third-order valence-electron chi connectivity index (χ3n) is 5.89. The molecule has 8 nitrogen and oxygen atoms in total. The molecular formula is C23H21N5O3. The first kappa shape index (κ1) is 19.0. The number of hydrogen-bond donors (Lipinski definition) is 3. The van der Waals surface area contributed by atoms with Gasteiger partial charge in [-0.1, -0.05) is 30.3 Å². The van der Waals surface area contributed by atoms with Crippen molar-refractivity contribution in [3.8, 4) is 5.69 Å². The lowest BCUT2D eigenvalue weighted by molar-refractivity contribution is -0.123. The van der Waals surface area contributed by atoms with E-state index in [9.17, 15) is 14.4 Å². The fourth-order valence-electron chi connectivity index (χ4n) is 4.25. The predicted octanol–water partition coefficient (Wildman–Crippen LogP) is 2.67. The number of carbonyl (C=O) groups excluding carboxylic acids is 3. The van der Waals surface area contributed by atoms with Gasteiger partial charge in [0.1, 0.15) is 5.54 Å². The summed E-state index contributed by atoms with van der Waals surface area (Å²) in [4.78, 5) is 36.9. The molecule has 2 aliphatic rings. The first-order chi connectivity index (χ1) is 15.0. The number of anilines is 1. The third kappa shape index (κ3) is 3.16. The smallest absolute Gasteiger partial charge is 0.321 e. The summed E-state index contributed by atoms with van der Waals surface area (Å²) in [6, 6.07) is 16.2. The van der Waals surface area contributed by atoms with Crippen LogP contribution in [0.3, 0.4) is 0 Å². The van der Waals surface area contributed by atoms with E-state index in [1.54, 1.807) is 31.2 Å². The Labute approximate surface area is 178 Å². The number of para-hydroxylation sites is 1. The normalized spacial score (nSPS) is 19.6. The zero-order valence-electron chi connectivity index (χ0n) is 16.9. The van der Waals surface area contributed by atoms with Crippen LogP contribution in [-0.2, 0) is 23.2 Å². The minimum atomic E-state index is -1.19. The molecule has 3 N–H and O–H groups in total. The van der Waals surface area contributed by atoms with Gasteiger partial charge in [-0.25, -0.2) is 9.48 Å². The van der Waals surface area contributed by atoms with E-state index in [2.05, 4.69) is 21.0 Å². The second-order valence-corrected chi connectivity index (χ2v) is 7.94. The van der Waals surface area contributed by atoms with Crippen molar-refractivity contribution in [3.63, 3.8) is 0 Å². The average Bonchev–Trinajstić information content (AvgIpc) is 3.43. The van der Waals surface area contributed by atoms with E-state index >= 15 is 0 Å². The van der Waals surface area contributed by atoms with Crippen molar-refractivity contribution >= 4 is 23.5 Å². The molecule has 1 fully saturated rings. The molecule has 156 valence electrons. The number of imide groups is 1. The Morgan fingerprint density at radius 1 is 1.10 bits per heavy atom. The van der Waals surface area contributed by atoms with E-state index < -0.39 is 17.5 Å². The van der Waals surface area contributed by atoms with Gasteiger partial charge in [0.25, 0.3) is 11.8 Å². The summed E-state index contributed by atoms with van der Waals surface area (Å²) in [7, 11) is 0. The second kappa shape index (κ2) is 7.09. The van der Waals surface area contributed by atoms with Gasteiger partial charge in [0.05, 0.1) is 5.69 Å². The van der Waals surface area contributed by atoms with Gasteiger partial charge in [-0.2, -0.15) is 5.10 Å². The van der Waals surface area contributed by atoms with Crippen molar-refractivity contribution in [2.45, 2.75) is 31.7 Å². The average molecular weight is 415 g/mol. The Morgan fingerprint density at radius 2 is 1.90 bits per heavy atom. The molecule has 4 amide bonds. The SMILES string of the molecule is C[C@@]1(c2cccc(NC(=O)c3nn(-c4ccccc4)c4c3CCC4)c2)NC(=O)NC1=O. The molecule has 1 saturated heterocycles. The lowest BCUT2D eigenvalue weighted by Gasteiger charge is -2.21. The molecule has 1 aliphatic carbocycles. The van der Waals surface area contributed by atoms with Gasteiger partial charge < -0.3 is 10.6 Å². The van der Waals surface area contributed by atoms with Gasteiger partial charge in [-0.05, 0) is 56.0 Å². The Morgan fingerprint density at radius 3 is 2.65 bits per heavy atom. The van der Waals surface area contributed by atoms with Gasteiger partial charge in [0.15, 0.2) is 5.69 Å². The largest absolute Gasteiger partial charge is 0.322 e. The highest BCUT2D eigenvalue weighted by molar-refractivity contribution is 6.07. The van der Waals surface area contributed by atoms with Gasteiger partial charge in [0.2, 0.25) is 0 Å². The quantitative estimate of drug-likeness (QED) is 0.570. The van der Waals surface area contributed by atoms with E-state index in [1.807, 2.05) is 35.0 Å². The number of rotatable bonds is 4. The van der Waals surface area contributed by atoms with Crippen LogP contribution < -0.4 is 16.0 Å². The number of nitrogens with one attached hydrogen (secondary N) is 3. The summed E-state index contributed by atoms with van der Waals surface area (Å²) in [5.41, 5.74) is 3.31. The number of hydrogen-bond acceptors (Lipinski definition) is 4. The maximum absolute atomic E-state index is 13.1. The van der Waals surface area contributed by atoms with E-state index in [0.717, 1.165) is 36.2 Å². The van der Waals surface area contributed by atoms with Crippen LogP contribution in [0.1, 0.15) is 40.7 Å². The molecule has 5 rings (SSSR count). The molecular weight excluding hydrogens is 394 g/mol. The van der Waals surface area contributed by atoms with Crippen LogP contribution in [0.2, 0.25) is 0 Å². The van der Waals surface area contributed by atoms with Crippen molar-refractivity contribution in [1.29, 1.82) is 0 Å². The Bertz CT molecular complexity index is 1220. The second-order valence-electron chi connectivity index (χ2n) is 7.94. The molecule has 0 unspecified atom stereocenters. The van der Waals surface area contributed by atoms with Crippen LogP contribution >= 0.6 is 0 Å². The molecule has 31 heavy (non-hydrogen) atoms. The van der Waals surface area contributed by atoms with E-state index in [4.69, 9.17) is 0 Å².